The first-order valence-electron chi connectivity index (χ1n) is 5.09. The fourth-order valence-electron chi connectivity index (χ4n) is 1.82. The molecule has 2 aromatic rings. The number of nitro benzene ring substituents is 1. The van der Waals surface area contributed by atoms with Gasteiger partial charge in [0.25, 0.3) is 5.69 Å². The Bertz CT molecular complexity index is 608. The fourth-order valence-corrected chi connectivity index (χ4v) is 1.82. The second-order valence-corrected chi connectivity index (χ2v) is 3.80. The molecule has 17 heavy (non-hydrogen) atoms. The third kappa shape index (κ3) is 2.13. The lowest BCUT2D eigenvalue weighted by molar-refractivity contribution is -0.383. The van der Waals surface area contributed by atoms with E-state index in [1.807, 2.05) is 0 Å². The van der Waals surface area contributed by atoms with Gasteiger partial charge in [0.15, 0.2) is 0 Å². The molecule has 5 heteroatoms. The average Bonchev–Trinajstić information content (AvgIpc) is 2.28. The van der Waals surface area contributed by atoms with Gasteiger partial charge in [0.2, 0.25) is 0 Å². The summed E-state index contributed by atoms with van der Waals surface area (Å²) in [6, 6.07) is 4.74. The maximum absolute atomic E-state index is 11.1. The number of carbonyl (C=O) groups is 1. The van der Waals surface area contributed by atoms with E-state index in [4.69, 9.17) is 0 Å². The second-order valence-electron chi connectivity index (χ2n) is 3.80. The lowest BCUT2D eigenvalue weighted by Gasteiger charge is -2.04. The van der Waals surface area contributed by atoms with E-state index in [1.165, 1.54) is 19.2 Å². The Labute approximate surface area is 97.2 Å². The van der Waals surface area contributed by atoms with Crippen molar-refractivity contribution in [3.63, 3.8) is 0 Å². The minimum absolute atomic E-state index is 0.0143. The third-order valence-electron chi connectivity index (χ3n) is 2.52. The Morgan fingerprint density at radius 3 is 2.76 bits per heavy atom. The molecule has 1 aromatic heterocycles. The van der Waals surface area contributed by atoms with Crippen molar-refractivity contribution in [2.45, 2.75) is 13.3 Å². The van der Waals surface area contributed by atoms with Crippen LogP contribution in [0.1, 0.15) is 12.5 Å². The van der Waals surface area contributed by atoms with Crippen LogP contribution >= 0.6 is 0 Å². The van der Waals surface area contributed by atoms with Gasteiger partial charge >= 0.3 is 0 Å². The van der Waals surface area contributed by atoms with E-state index < -0.39 is 4.92 Å². The number of hydrogen-bond acceptors (Lipinski definition) is 4. The van der Waals surface area contributed by atoms with Gasteiger partial charge in [0.1, 0.15) is 5.78 Å². The Balaban J connectivity index is 2.70. The number of rotatable bonds is 3. The first-order valence-corrected chi connectivity index (χ1v) is 5.09. The molecule has 5 nitrogen and oxygen atoms in total. The second kappa shape index (κ2) is 4.29. The number of aromatic nitrogens is 1. The third-order valence-corrected chi connectivity index (χ3v) is 2.52. The van der Waals surface area contributed by atoms with E-state index >= 15 is 0 Å². The van der Waals surface area contributed by atoms with Crippen LogP contribution in [0.25, 0.3) is 10.8 Å². The molecule has 0 unspecified atom stereocenters. The summed E-state index contributed by atoms with van der Waals surface area (Å²) in [6.07, 6.45) is 3.30. The number of fused-ring (bicyclic) bond motifs is 1. The van der Waals surface area contributed by atoms with E-state index in [-0.39, 0.29) is 17.9 Å². The summed E-state index contributed by atoms with van der Waals surface area (Å²) in [4.78, 5) is 25.4. The minimum atomic E-state index is -0.443. The van der Waals surface area contributed by atoms with Gasteiger partial charge in [-0.15, -0.1) is 0 Å². The highest BCUT2D eigenvalue weighted by Crippen LogP contribution is 2.27. The van der Waals surface area contributed by atoms with E-state index in [9.17, 15) is 14.9 Å². The van der Waals surface area contributed by atoms with E-state index in [0.29, 0.717) is 10.8 Å². The number of non-ortho nitro benzene ring substituents is 1. The van der Waals surface area contributed by atoms with Gasteiger partial charge in [0, 0.05) is 24.9 Å². The molecule has 0 amide bonds. The summed E-state index contributed by atoms with van der Waals surface area (Å²) >= 11 is 0. The number of carbonyl (C=O) groups excluding carboxylic acids is 1. The molecule has 0 aliphatic carbocycles. The Morgan fingerprint density at radius 1 is 1.35 bits per heavy atom. The van der Waals surface area contributed by atoms with Crippen molar-refractivity contribution in [3.05, 3.63) is 46.3 Å². The quantitative estimate of drug-likeness (QED) is 0.598. The first kappa shape index (κ1) is 11.2. The zero-order valence-electron chi connectivity index (χ0n) is 9.21. The maximum atomic E-state index is 11.1. The number of ketones is 1. The Hall–Kier alpha value is -2.30. The topological polar surface area (TPSA) is 73.1 Å². The molecule has 0 atom stereocenters. The van der Waals surface area contributed by atoms with Crippen molar-refractivity contribution in [2.24, 2.45) is 0 Å². The molecule has 0 aliphatic heterocycles. The van der Waals surface area contributed by atoms with Gasteiger partial charge in [-0.2, -0.15) is 0 Å². The number of Topliss-reactive ketones (excluding diaryl/α,β-unsaturated/α-hetero) is 1. The summed E-state index contributed by atoms with van der Waals surface area (Å²) < 4.78 is 0. The van der Waals surface area contributed by atoms with Crippen LogP contribution in [0.15, 0.2) is 30.6 Å². The van der Waals surface area contributed by atoms with Gasteiger partial charge in [-0.1, -0.05) is 6.07 Å². The number of hydrogen-bond donors (Lipinski definition) is 0. The summed E-state index contributed by atoms with van der Waals surface area (Å²) in [5.41, 5.74) is 0.806. The standard InChI is InChI=1S/C12H10N2O3/c1-8(15)6-9-2-3-12(14(16)17)11-7-13-5-4-10(9)11/h2-5,7H,6H2,1H3. The summed E-state index contributed by atoms with van der Waals surface area (Å²) in [6.45, 7) is 1.49. The summed E-state index contributed by atoms with van der Waals surface area (Å²) in [5, 5.41) is 12.0. The number of nitro groups is 1. The van der Waals surface area contributed by atoms with E-state index in [1.54, 1.807) is 18.3 Å². The largest absolute Gasteiger partial charge is 0.300 e. The molecular formula is C12H10N2O3. The lowest BCUT2D eigenvalue weighted by Crippen LogP contribution is -1.99. The zero-order chi connectivity index (χ0) is 12.4. The molecule has 86 valence electrons. The molecular weight excluding hydrogens is 220 g/mol. The van der Waals surface area contributed by atoms with Crippen LogP contribution in [0.4, 0.5) is 5.69 Å². The molecule has 0 radical (unpaired) electrons. The number of benzene rings is 1. The van der Waals surface area contributed by atoms with Crippen molar-refractivity contribution >= 4 is 22.2 Å². The SMILES string of the molecule is CC(=O)Cc1ccc([N+](=O)[O-])c2cnccc12. The summed E-state index contributed by atoms with van der Waals surface area (Å²) in [5.74, 6) is 0.0250. The van der Waals surface area contributed by atoms with Gasteiger partial charge in [0.05, 0.1) is 10.3 Å². The highest BCUT2D eigenvalue weighted by atomic mass is 16.6. The monoisotopic (exact) mass is 230 g/mol. The number of nitrogens with zero attached hydrogens (tertiary/aromatic N) is 2. The predicted molar refractivity (Wildman–Crippen MR) is 62.8 cm³/mol. The van der Waals surface area contributed by atoms with Crippen LogP contribution in [0.2, 0.25) is 0 Å². The highest BCUT2D eigenvalue weighted by molar-refractivity contribution is 5.95. The van der Waals surface area contributed by atoms with Gasteiger partial charge in [-0.25, -0.2) is 0 Å². The van der Waals surface area contributed by atoms with Gasteiger partial charge in [-0.05, 0) is 23.9 Å². The van der Waals surface area contributed by atoms with Gasteiger partial charge < -0.3 is 0 Å². The maximum Gasteiger partial charge on any atom is 0.278 e. The summed E-state index contributed by atoms with van der Waals surface area (Å²) in [7, 11) is 0. The van der Waals surface area contributed by atoms with Crippen LogP contribution in [0.3, 0.4) is 0 Å². The van der Waals surface area contributed by atoms with Crippen molar-refractivity contribution in [1.82, 2.24) is 4.98 Å². The van der Waals surface area contributed by atoms with Crippen LogP contribution in [0, 0.1) is 10.1 Å². The van der Waals surface area contributed by atoms with Crippen molar-refractivity contribution in [1.29, 1.82) is 0 Å². The lowest BCUT2D eigenvalue weighted by atomic mass is 10.0. The van der Waals surface area contributed by atoms with Crippen LogP contribution in [0.5, 0.6) is 0 Å². The van der Waals surface area contributed by atoms with Crippen LogP contribution < -0.4 is 0 Å². The molecule has 1 heterocycles. The van der Waals surface area contributed by atoms with E-state index in [0.717, 1.165) is 5.56 Å². The van der Waals surface area contributed by atoms with Crippen molar-refractivity contribution < 1.29 is 9.72 Å². The minimum Gasteiger partial charge on any atom is -0.300 e. The molecule has 2 rings (SSSR count). The normalized spacial score (nSPS) is 10.4. The van der Waals surface area contributed by atoms with Crippen molar-refractivity contribution in [2.75, 3.05) is 0 Å². The number of pyridine rings is 1. The highest BCUT2D eigenvalue weighted by Gasteiger charge is 2.14. The molecule has 0 fully saturated rings. The van der Waals surface area contributed by atoms with Crippen LogP contribution in [-0.2, 0) is 11.2 Å². The molecule has 0 spiro atoms. The predicted octanol–water partition coefficient (Wildman–Crippen LogP) is 2.27. The first-order chi connectivity index (χ1) is 8.09. The smallest absolute Gasteiger partial charge is 0.278 e. The molecule has 0 aliphatic rings. The zero-order valence-corrected chi connectivity index (χ0v) is 9.21. The van der Waals surface area contributed by atoms with Crippen molar-refractivity contribution in [3.8, 4) is 0 Å². The molecule has 1 aromatic carbocycles. The Morgan fingerprint density at radius 2 is 2.12 bits per heavy atom. The van der Waals surface area contributed by atoms with Crippen LogP contribution in [-0.4, -0.2) is 15.7 Å². The van der Waals surface area contributed by atoms with Gasteiger partial charge in [-0.3, -0.25) is 19.9 Å². The average molecular weight is 230 g/mol. The molecule has 0 saturated heterocycles. The molecule has 0 bridgehead atoms. The molecule has 0 N–H and O–H groups in total. The van der Waals surface area contributed by atoms with E-state index in [2.05, 4.69) is 4.98 Å². The molecule has 0 saturated carbocycles. The Kier molecular flexibility index (Phi) is 2.82. The fraction of sp³-hybridized carbons (Fsp3) is 0.167.